The topological polar surface area (TPSA) is 49.4 Å². The van der Waals surface area contributed by atoms with E-state index in [1.54, 1.807) is 22.5 Å². The van der Waals surface area contributed by atoms with E-state index in [9.17, 15) is 8.42 Å². The quantitative estimate of drug-likeness (QED) is 0.923. The van der Waals surface area contributed by atoms with Crippen molar-refractivity contribution in [2.45, 2.75) is 30.7 Å². The van der Waals surface area contributed by atoms with E-state index >= 15 is 0 Å². The highest BCUT2D eigenvalue weighted by molar-refractivity contribution is 7.89. The van der Waals surface area contributed by atoms with Crippen LogP contribution in [0.1, 0.15) is 24.8 Å². The minimum Gasteiger partial charge on any atom is -0.316 e. The van der Waals surface area contributed by atoms with Gasteiger partial charge in [-0.25, -0.2) is 8.42 Å². The molecule has 1 saturated heterocycles. The molecule has 0 spiro atoms. The molecule has 1 heterocycles. The first-order valence-electron chi connectivity index (χ1n) is 7.45. The molecule has 0 bridgehead atoms. The molecular formula is C15H21ClN2O2S. The Labute approximate surface area is 131 Å². The van der Waals surface area contributed by atoms with Crippen LogP contribution >= 0.6 is 11.6 Å². The van der Waals surface area contributed by atoms with Crippen molar-refractivity contribution in [1.29, 1.82) is 0 Å². The van der Waals surface area contributed by atoms with Crippen molar-refractivity contribution in [2.75, 3.05) is 20.1 Å². The Hall–Kier alpha value is -0.620. The van der Waals surface area contributed by atoms with E-state index in [4.69, 9.17) is 11.6 Å². The number of nitrogens with one attached hydrogen (secondary N) is 1. The largest absolute Gasteiger partial charge is 0.316 e. The molecule has 21 heavy (non-hydrogen) atoms. The van der Waals surface area contributed by atoms with Crippen LogP contribution in [0.15, 0.2) is 23.1 Å². The normalized spacial score (nSPS) is 26.2. The number of halogens is 1. The molecule has 1 aromatic rings. The molecule has 0 aromatic heterocycles. The maximum Gasteiger partial charge on any atom is 0.243 e. The predicted octanol–water partition coefficient (Wildman–Crippen LogP) is 2.48. The van der Waals surface area contributed by atoms with Gasteiger partial charge in [-0.15, -0.1) is 0 Å². The van der Waals surface area contributed by atoms with E-state index in [0.29, 0.717) is 41.4 Å². The fourth-order valence-corrected chi connectivity index (χ4v) is 5.36. The van der Waals surface area contributed by atoms with Crippen molar-refractivity contribution < 1.29 is 8.42 Å². The summed E-state index contributed by atoms with van der Waals surface area (Å²) in [4.78, 5) is 0.358. The van der Waals surface area contributed by atoms with Crippen LogP contribution in [0.25, 0.3) is 0 Å². The molecule has 1 aromatic carbocycles. The van der Waals surface area contributed by atoms with Crippen molar-refractivity contribution in [1.82, 2.24) is 9.62 Å². The average Bonchev–Trinajstić information content (AvgIpc) is 3.02. The van der Waals surface area contributed by atoms with Gasteiger partial charge in [0.05, 0.1) is 4.90 Å². The standard InChI is InChI=1S/C15H21ClN2O2S/c1-17-8-13-7-14(5-6-15(13)16)21(19,20)18-9-11-3-2-4-12(11)10-18/h5-7,11-12,17H,2-4,8-10H2,1H3. The zero-order valence-corrected chi connectivity index (χ0v) is 13.8. The van der Waals surface area contributed by atoms with E-state index in [2.05, 4.69) is 5.32 Å². The SMILES string of the molecule is CNCc1cc(S(=O)(=O)N2CC3CCCC3C2)ccc1Cl. The monoisotopic (exact) mass is 328 g/mol. The summed E-state index contributed by atoms with van der Waals surface area (Å²) in [5.41, 5.74) is 0.819. The molecule has 1 aliphatic heterocycles. The third-order valence-electron chi connectivity index (χ3n) is 4.71. The van der Waals surface area contributed by atoms with Gasteiger partial charge in [0.2, 0.25) is 10.0 Å². The molecule has 3 rings (SSSR count). The first kappa shape index (κ1) is 15.3. The Kier molecular flexibility index (Phi) is 4.28. The molecule has 2 atom stereocenters. The minimum absolute atomic E-state index is 0.358. The second-order valence-electron chi connectivity index (χ2n) is 6.06. The van der Waals surface area contributed by atoms with Crippen LogP contribution in [0.5, 0.6) is 0 Å². The molecular weight excluding hydrogens is 308 g/mol. The molecule has 2 unspecified atom stereocenters. The first-order valence-corrected chi connectivity index (χ1v) is 9.27. The predicted molar refractivity (Wildman–Crippen MR) is 83.8 cm³/mol. The molecule has 2 fully saturated rings. The fraction of sp³-hybridized carbons (Fsp3) is 0.600. The molecule has 4 nitrogen and oxygen atoms in total. The summed E-state index contributed by atoms with van der Waals surface area (Å²) < 4.78 is 27.3. The van der Waals surface area contributed by atoms with E-state index < -0.39 is 10.0 Å². The lowest BCUT2D eigenvalue weighted by atomic mass is 10.0. The number of rotatable bonds is 4. The maximum atomic E-state index is 12.8. The molecule has 1 saturated carbocycles. The lowest BCUT2D eigenvalue weighted by Crippen LogP contribution is -2.29. The second-order valence-corrected chi connectivity index (χ2v) is 8.40. The number of hydrogen-bond donors (Lipinski definition) is 1. The summed E-state index contributed by atoms with van der Waals surface area (Å²) in [6.45, 7) is 1.92. The van der Waals surface area contributed by atoms with Crippen molar-refractivity contribution in [2.24, 2.45) is 11.8 Å². The van der Waals surface area contributed by atoms with Gasteiger partial charge in [0, 0.05) is 24.7 Å². The number of nitrogens with zero attached hydrogens (tertiary/aromatic N) is 1. The van der Waals surface area contributed by atoms with Gasteiger partial charge in [0.25, 0.3) is 0 Å². The number of fused-ring (bicyclic) bond motifs is 1. The molecule has 6 heteroatoms. The zero-order chi connectivity index (χ0) is 15.0. The number of sulfonamides is 1. The number of benzene rings is 1. The maximum absolute atomic E-state index is 12.8. The van der Waals surface area contributed by atoms with E-state index in [1.807, 2.05) is 7.05 Å². The summed E-state index contributed by atoms with van der Waals surface area (Å²) in [6.07, 6.45) is 3.58. The highest BCUT2D eigenvalue weighted by Gasteiger charge is 2.41. The van der Waals surface area contributed by atoms with Crippen LogP contribution in [0.4, 0.5) is 0 Å². The van der Waals surface area contributed by atoms with Crippen LogP contribution in [-0.4, -0.2) is 32.9 Å². The lowest BCUT2D eigenvalue weighted by molar-refractivity contribution is 0.445. The number of hydrogen-bond acceptors (Lipinski definition) is 3. The van der Waals surface area contributed by atoms with Crippen LogP contribution in [-0.2, 0) is 16.6 Å². The summed E-state index contributed by atoms with van der Waals surface area (Å²) in [6, 6.07) is 4.99. The Morgan fingerprint density at radius 1 is 1.29 bits per heavy atom. The average molecular weight is 329 g/mol. The van der Waals surface area contributed by atoms with E-state index in [1.165, 1.54) is 19.3 Å². The van der Waals surface area contributed by atoms with Gasteiger partial charge >= 0.3 is 0 Å². The van der Waals surface area contributed by atoms with Crippen LogP contribution in [0, 0.1) is 11.8 Å². The Balaban J connectivity index is 1.86. The molecule has 1 N–H and O–H groups in total. The van der Waals surface area contributed by atoms with Gasteiger partial charge in [-0.3, -0.25) is 0 Å². The second kappa shape index (κ2) is 5.88. The van der Waals surface area contributed by atoms with Crippen molar-refractivity contribution in [3.63, 3.8) is 0 Å². The summed E-state index contributed by atoms with van der Waals surface area (Å²) in [5.74, 6) is 1.12. The van der Waals surface area contributed by atoms with Crippen LogP contribution < -0.4 is 5.32 Å². The van der Waals surface area contributed by atoms with Crippen molar-refractivity contribution in [3.8, 4) is 0 Å². The van der Waals surface area contributed by atoms with Gasteiger partial charge in [-0.2, -0.15) is 4.31 Å². The highest BCUT2D eigenvalue weighted by atomic mass is 35.5. The smallest absolute Gasteiger partial charge is 0.243 e. The van der Waals surface area contributed by atoms with Gasteiger partial charge in [-0.1, -0.05) is 18.0 Å². The van der Waals surface area contributed by atoms with Crippen LogP contribution in [0.2, 0.25) is 5.02 Å². The Morgan fingerprint density at radius 2 is 1.95 bits per heavy atom. The van der Waals surface area contributed by atoms with Crippen molar-refractivity contribution >= 4 is 21.6 Å². The Bertz CT molecular complexity index is 621. The van der Waals surface area contributed by atoms with Gasteiger partial charge in [0.1, 0.15) is 0 Å². The third-order valence-corrected chi connectivity index (χ3v) is 6.91. The summed E-state index contributed by atoms with van der Waals surface area (Å²) >= 11 is 6.11. The van der Waals surface area contributed by atoms with Gasteiger partial charge in [-0.05, 0) is 55.5 Å². The molecule has 2 aliphatic rings. The minimum atomic E-state index is -3.39. The van der Waals surface area contributed by atoms with E-state index in [0.717, 1.165) is 5.56 Å². The fourth-order valence-electron chi connectivity index (χ4n) is 3.57. The molecule has 0 radical (unpaired) electrons. The summed E-state index contributed by atoms with van der Waals surface area (Å²) in [5, 5.41) is 3.61. The van der Waals surface area contributed by atoms with Gasteiger partial charge < -0.3 is 5.32 Å². The molecule has 0 amide bonds. The summed E-state index contributed by atoms with van der Waals surface area (Å²) in [7, 11) is -1.57. The lowest BCUT2D eigenvalue weighted by Gasteiger charge is -2.18. The first-order chi connectivity index (χ1) is 10.0. The van der Waals surface area contributed by atoms with Gasteiger partial charge in [0.15, 0.2) is 0 Å². The van der Waals surface area contributed by atoms with Crippen molar-refractivity contribution in [3.05, 3.63) is 28.8 Å². The third kappa shape index (κ3) is 2.84. The zero-order valence-electron chi connectivity index (χ0n) is 12.2. The molecule has 1 aliphatic carbocycles. The Morgan fingerprint density at radius 3 is 2.57 bits per heavy atom. The molecule has 116 valence electrons. The van der Waals surface area contributed by atoms with E-state index in [-0.39, 0.29) is 0 Å². The highest BCUT2D eigenvalue weighted by Crippen LogP contribution is 2.39. The van der Waals surface area contributed by atoms with Crippen LogP contribution in [0.3, 0.4) is 0 Å².